The summed E-state index contributed by atoms with van der Waals surface area (Å²) in [6.07, 6.45) is 0. The minimum atomic E-state index is -4.03. The first kappa shape index (κ1) is 14.0. The van der Waals surface area contributed by atoms with Crippen molar-refractivity contribution >= 4 is 7.82 Å². The molecule has 0 heterocycles. The number of likely N-dealkylation sites (N-methyl/N-ethyl adjacent to an activating group) is 1. The molecule has 14 heavy (non-hydrogen) atoms. The van der Waals surface area contributed by atoms with Gasteiger partial charge < -0.3 is 9.38 Å². The zero-order valence-electron chi connectivity index (χ0n) is 9.10. The topological polar surface area (TPSA) is 65.0 Å². The van der Waals surface area contributed by atoms with Gasteiger partial charge in [0.1, 0.15) is 13.2 Å². The van der Waals surface area contributed by atoms with Crippen molar-refractivity contribution in [2.45, 2.75) is 6.92 Å². The van der Waals surface area contributed by atoms with Crippen LogP contribution in [0.2, 0.25) is 0 Å². The summed E-state index contributed by atoms with van der Waals surface area (Å²) in [7, 11) is 1.83. The highest BCUT2D eigenvalue weighted by atomic mass is 31.2. The predicted octanol–water partition coefficient (Wildman–Crippen LogP) is 0.778. The average molecular weight is 228 g/mol. The van der Waals surface area contributed by atoms with Crippen molar-refractivity contribution in [3.05, 3.63) is 0 Å². The average Bonchev–Trinajstić information content (AvgIpc) is 1.98. The Kier molecular flexibility index (Phi) is 5.81. The fraction of sp³-hybridized carbons (Fsp3) is 1.00. The third kappa shape index (κ3) is 8.62. The molecule has 86 valence electrons. The molecular weight excluding hydrogens is 209 g/mol. The van der Waals surface area contributed by atoms with Crippen LogP contribution >= 0.6 is 7.82 Å². The Morgan fingerprint density at radius 2 is 1.93 bits per heavy atom. The molecule has 0 aromatic heterocycles. The largest absolute Gasteiger partial charge is 0.499 e. The number of quaternary nitrogens is 1. The van der Waals surface area contributed by atoms with Crippen LogP contribution < -0.4 is 0 Å². The first-order chi connectivity index (χ1) is 6.27. The van der Waals surface area contributed by atoms with Crippen molar-refractivity contribution in [3.8, 4) is 0 Å². The van der Waals surface area contributed by atoms with Crippen LogP contribution in [-0.4, -0.2) is 50.3 Å². The molecule has 1 unspecified atom stereocenters. The molecule has 0 rings (SSSR count). The zero-order chi connectivity index (χ0) is 11.2. The van der Waals surface area contributed by atoms with Gasteiger partial charge in [0.2, 0.25) is 0 Å². The van der Waals surface area contributed by atoms with Gasteiger partial charge in [-0.25, -0.2) is 9.45 Å². The van der Waals surface area contributed by atoms with Gasteiger partial charge in [-0.3, -0.25) is 4.52 Å². The minimum Gasteiger partial charge on any atom is -0.329 e. The number of phosphoric ester groups is 1. The van der Waals surface area contributed by atoms with Crippen LogP contribution in [0.5, 0.6) is 0 Å². The quantitative estimate of drug-likeness (QED) is 0.302. The molecule has 1 N–H and O–H groups in total. The molecule has 0 fully saturated rings. The van der Waals surface area contributed by atoms with Crippen LogP contribution in [0.15, 0.2) is 0 Å². The molecule has 0 saturated carbocycles. The standard InChI is InChI=1S/C7H18NO5P/c1-5-11-13-14(9,10)12-7-6-8(2,3)4/h5-7H2,1-4H3/p+1. The molecular formula is C7H19NO5P+. The monoisotopic (exact) mass is 228 g/mol. The molecule has 0 aromatic rings. The summed E-state index contributed by atoms with van der Waals surface area (Å²) in [5.74, 6) is 0. The van der Waals surface area contributed by atoms with Gasteiger partial charge in [0.15, 0.2) is 0 Å². The lowest BCUT2D eigenvalue weighted by molar-refractivity contribution is -0.870. The Bertz CT molecular complexity index is 203. The van der Waals surface area contributed by atoms with E-state index in [-0.39, 0.29) is 13.2 Å². The summed E-state index contributed by atoms with van der Waals surface area (Å²) in [6.45, 7) is 2.60. The van der Waals surface area contributed by atoms with Gasteiger partial charge in [-0.15, -0.1) is 4.67 Å². The molecule has 1 atom stereocenters. The van der Waals surface area contributed by atoms with E-state index in [9.17, 15) is 4.57 Å². The van der Waals surface area contributed by atoms with Crippen LogP contribution in [-0.2, 0) is 18.7 Å². The van der Waals surface area contributed by atoms with Crippen molar-refractivity contribution in [1.29, 1.82) is 0 Å². The Morgan fingerprint density at radius 3 is 2.36 bits per heavy atom. The van der Waals surface area contributed by atoms with Crippen LogP contribution in [0.1, 0.15) is 6.92 Å². The number of hydrogen-bond donors (Lipinski definition) is 1. The fourth-order valence-corrected chi connectivity index (χ4v) is 1.16. The summed E-state index contributed by atoms with van der Waals surface area (Å²) < 4.78 is 20.5. The Balaban J connectivity index is 3.71. The Labute approximate surface area is 84.5 Å². The maximum absolute atomic E-state index is 11.0. The molecule has 0 aliphatic carbocycles. The highest BCUT2D eigenvalue weighted by molar-refractivity contribution is 7.47. The summed E-state index contributed by atoms with van der Waals surface area (Å²) in [5.41, 5.74) is 0. The van der Waals surface area contributed by atoms with Gasteiger partial charge in [0.05, 0.1) is 27.7 Å². The summed E-state index contributed by atoms with van der Waals surface area (Å²) >= 11 is 0. The molecule has 0 amide bonds. The lowest BCUT2D eigenvalue weighted by Gasteiger charge is -2.23. The molecule has 0 aliphatic heterocycles. The second-order valence-electron chi connectivity index (χ2n) is 3.80. The van der Waals surface area contributed by atoms with Crippen LogP contribution in [0.3, 0.4) is 0 Å². The van der Waals surface area contributed by atoms with Crippen molar-refractivity contribution in [2.24, 2.45) is 0 Å². The number of hydrogen-bond acceptors (Lipinski definition) is 4. The molecule has 0 spiro atoms. The van der Waals surface area contributed by atoms with E-state index in [0.717, 1.165) is 0 Å². The van der Waals surface area contributed by atoms with E-state index in [1.807, 2.05) is 21.1 Å². The van der Waals surface area contributed by atoms with Crippen molar-refractivity contribution in [2.75, 3.05) is 40.9 Å². The number of nitrogens with zero attached hydrogens (tertiary/aromatic N) is 1. The van der Waals surface area contributed by atoms with Crippen LogP contribution in [0.25, 0.3) is 0 Å². The van der Waals surface area contributed by atoms with Crippen molar-refractivity contribution < 1.29 is 28.0 Å². The highest BCUT2D eigenvalue weighted by Gasteiger charge is 2.23. The van der Waals surface area contributed by atoms with Gasteiger partial charge in [-0.2, -0.15) is 0 Å². The van der Waals surface area contributed by atoms with Gasteiger partial charge in [0.25, 0.3) is 0 Å². The Hall–Kier alpha value is 0.0300. The van der Waals surface area contributed by atoms with E-state index in [4.69, 9.17) is 4.89 Å². The lowest BCUT2D eigenvalue weighted by Crippen LogP contribution is -2.37. The lowest BCUT2D eigenvalue weighted by atomic mass is 10.5. The Morgan fingerprint density at radius 1 is 1.36 bits per heavy atom. The highest BCUT2D eigenvalue weighted by Crippen LogP contribution is 2.43. The van der Waals surface area contributed by atoms with Crippen molar-refractivity contribution in [1.82, 2.24) is 0 Å². The number of phosphoric acid groups is 1. The van der Waals surface area contributed by atoms with Crippen molar-refractivity contribution in [3.63, 3.8) is 0 Å². The molecule has 0 aliphatic rings. The third-order valence-electron chi connectivity index (χ3n) is 1.28. The van der Waals surface area contributed by atoms with E-state index < -0.39 is 7.82 Å². The molecule has 0 aromatic carbocycles. The first-order valence-corrected chi connectivity index (χ1v) is 5.85. The van der Waals surface area contributed by atoms with Gasteiger partial charge in [-0.1, -0.05) is 0 Å². The fourth-order valence-electron chi connectivity index (χ4n) is 0.571. The SMILES string of the molecule is CCOOP(=O)(O)OCC[N+](C)(C)C. The summed E-state index contributed by atoms with van der Waals surface area (Å²) in [5, 5.41) is 0. The van der Waals surface area contributed by atoms with Crippen LogP contribution in [0.4, 0.5) is 0 Å². The predicted molar refractivity (Wildman–Crippen MR) is 51.4 cm³/mol. The van der Waals surface area contributed by atoms with Gasteiger partial charge in [-0.05, 0) is 6.92 Å². The molecule has 7 heteroatoms. The van der Waals surface area contributed by atoms with E-state index in [2.05, 4.69) is 14.1 Å². The molecule has 6 nitrogen and oxygen atoms in total. The van der Waals surface area contributed by atoms with E-state index in [0.29, 0.717) is 11.0 Å². The second-order valence-corrected chi connectivity index (χ2v) is 5.14. The third-order valence-corrected chi connectivity index (χ3v) is 2.08. The maximum atomic E-state index is 11.0. The smallest absolute Gasteiger partial charge is 0.329 e. The van der Waals surface area contributed by atoms with E-state index >= 15 is 0 Å². The zero-order valence-corrected chi connectivity index (χ0v) is 9.99. The molecule has 0 saturated heterocycles. The first-order valence-electron chi connectivity index (χ1n) is 4.36. The summed E-state index contributed by atoms with van der Waals surface area (Å²) in [6, 6.07) is 0. The normalized spacial score (nSPS) is 16.6. The minimum absolute atomic E-state index is 0.143. The van der Waals surface area contributed by atoms with Gasteiger partial charge >= 0.3 is 7.82 Å². The second kappa shape index (κ2) is 5.80. The van der Waals surface area contributed by atoms with Crippen LogP contribution in [0, 0.1) is 0 Å². The molecule has 0 bridgehead atoms. The molecule has 0 radical (unpaired) electrons. The van der Waals surface area contributed by atoms with E-state index in [1.54, 1.807) is 6.92 Å². The summed E-state index contributed by atoms with van der Waals surface area (Å²) in [4.78, 5) is 13.4. The van der Waals surface area contributed by atoms with Gasteiger partial charge in [0, 0.05) is 0 Å². The maximum Gasteiger partial charge on any atom is 0.499 e. The van der Waals surface area contributed by atoms with E-state index in [1.165, 1.54) is 0 Å². The number of rotatable bonds is 7.